The molecule has 2 atom stereocenters. The van der Waals surface area contributed by atoms with E-state index in [4.69, 9.17) is 10.8 Å². The highest BCUT2D eigenvalue weighted by Crippen LogP contribution is 2.23. The van der Waals surface area contributed by atoms with Crippen LogP contribution in [-0.4, -0.2) is 41.7 Å². The molecule has 1 amide bonds. The molecule has 1 aliphatic heterocycles. The normalized spacial score (nSPS) is 22.9. The maximum Gasteiger partial charge on any atom is 0.224 e. The van der Waals surface area contributed by atoms with Gasteiger partial charge in [-0.05, 0) is 30.6 Å². The summed E-state index contributed by atoms with van der Waals surface area (Å²) in [6.07, 6.45) is 3.39. The molecule has 0 saturated carbocycles. The van der Waals surface area contributed by atoms with Gasteiger partial charge in [0, 0.05) is 32.2 Å². The highest BCUT2D eigenvalue weighted by atomic mass is 16.3. The number of piperidine rings is 1. The SMILES string of the molecule is CC(C)(C)C(N)CC(=O)N1CCCC(CCO)C1. The van der Waals surface area contributed by atoms with E-state index < -0.39 is 0 Å². The zero-order valence-electron chi connectivity index (χ0n) is 12.0. The average molecular weight is 256 g/mol. The van der Waals surface area contributed by atoms with Crippen LogP contribution in [0.15, 0.2) is 0 Å². The Morgan fingerprint density at radius 2 is 2.17 bits per heavy atom. The fraction of sp³-hybridized carbons (Fsp3) is 0.929. The maximum absolute atomic E-state index is 12.2. The molecule has 18 heavy (non-hydrogen) atoms. The average Bonchev–Trinajstić information content (AvgIpc) is 2.28. The molecule has 2 unspecified atom stereocenters. The van der Waals surface area contributed by atoms with Crippen molar-refractivity contribution >= 4 is 5.91 Å². The summed E-state index contributed by atoms with van der Waals surface area (Å²) in [5, 5.41) is 8.97. The lowest BCUT2D eigenvalue weighted by molar-refractivity contribution is -0.134. The Kier molecular flexibility index (Phi) is 5.60. The molecular formula is C14H28N2O2. The lowest BCUT2D eigenvalue weighted by Gasteiger charge is -2.35. The molecule has 0 spiro atoms. The molecule has 1 fully saturated rings. The van der Waals surface area contributed by atoms with E-state index in [2.05, 4.69) is 20.8 Å². The standard InChI is InChI=1S/C14H28N2O2/c1-14(2,3)12(15)9-13(18)16-7-4-5-11(10-16)6-8-17/h11-12,17H,4-10,15H2,1-3H3. The number of carbonyl (C=O) groups is 1. The Balaban J connectivity index is 2.46. The second-order valence-corrected chi connectivity index (χ2v) is 6.54. The molecule has 4 heteroatoms. The third-order valence-electron chi connectivity index (χ3n) is 3.92. The van der Waals surface area contributed by atoms with E-state index in [-0.39, 0.29) is 24.0 Å². The van der Waals surface area contributed by atoms with Crippen LogP contribution >= 0.6 is 0 Å². The largest absolute Gasteiger partial charge is 0.396 e. The Hall–Kier alpha value is -0.610. The van der Waals surface area contributed by atoms with Gasteiger partial charge in [0.05, 0.1) is 0 Å². The summed E-state index contributed by atoms with van der Waals surface area (Å²) in [6, 6.07) is -0.0942. The monoisotopic (exact) mass is 256 g/mol. The molecule has 1 heterocycles. The molecule has 0 aromatic rings. The van der Waals surface area contributed by atoms with Crippen LogP contribution < -0.4 is 5.73 Å². The molecule has 0 bridgehead atoms. The first-order valence-electron chi connectivity index (χ1n) is 6.98. The number of aliphatic hydroxyl groups is 1. The van der Waals surface area contributed by atoms with E-state index in [9.17, 15) is 4.79 Å². The van der Waals surface area contributed by atoms with Crippen molar-refractivity contribution in [3.63, 3.8) is 0 Å². The first kappa shape index (κ1) is 15.4. The third kappa shape index (κ3) is 4.58. The molecule has 1 rings (SSSR count). The van der Waals surface area contributed by atoms with Crippen molar-refractivity contribution in [1.29, 1.82) is 0 Å². The van der Waals surface area contributed by atoms with Crippen LogP contribution in [0.4, 0.5) is 0 Å². The number of hydrogen-bond donors (Lipinski definition) is 2. The van der Waals surface area contributed by atoms with Gasteiger partial charge in [0.2, 0.25) is 5.91 Å². The number of carbonyl (C=O) groups excluding carboxylic acids is 1. The minimum absolute atomic E-state index is 0.0318. The molecule has 3 N–H and O–H groups in total. The number of nitrogens with two attached hydrogens (primary N) is 1. The van der Waals surface area contributed by atoms with Gasteiger partial charge in [-0.25, -0.2) is 0 Å². The summed E-state index contributed by atoms with van der Waals surface area (Å²) in [6.45, 7) is 8.04. The van der Waals surface area contributed by atoms with Crippen molar-refractivity contribution in [2.24, 2.45) is 17.1 Å². The highest BCUT2D eigenvalue weighted by molar-refractivity contribution is 5.77. The number of rotatable bonds is 4. The molecule has 4 nitrogen and oxygen atoms in total. The summed E-state index contributed by atoms with van der Waals surface area (Å²) in [5.74, 6) is 0.624. The summed E-state index contributed by atoms with van der Waals surface area (Å²) in [7, 11) is 0. The summed E-state index contributed by atoms with van der Waals surface area (Å²) in [5.41, 5.74) is 6.03. The van der Waals surface area contributed by atoms with Gasteiger partial charge >= 0.3 is 0 Å². The topological polar surface area (TPSA) is 66.6 Å². The fourth-order valence-corrected chi connectivity index (χ4v) is 2.33. The van der Waals surface area contributed by atoms with Gasteiger partial charge in [0.1, 0.15) is 0 Å². The molecular weight excluding hydrogens is 228 g/mol. The molecule has 0 aromatic carbocycles. The second kappa shape index (κ2) is 6.53. The predicted molar refractivity (Wildman–Crippen MR) is 73.1 cm³/mol. The zero-order valence-corrected chi connectivity index (χ0v) is 12.0. The quantitative estimate of drug-likeness (QED) is 0.798. The molecule has 0 radical (unpaired) electrons. The van der Waals surface area contributed by atoms with E-state index in [1.165, 1.54) is 0 Å². The Morgan fingerprint density at radius 3 is 2.72 bits per heavy atom. The fourth-order valence-electron chi connectivity index (χ4n) is 2.33. The summed E-state index contributed by atoms with van der Waals surface area (Å²) >= 11 is 0. The van der Waals surface area contributed by atoms with Gasteiger partial charge in [0.15, 0.2) is 0 Å². The molecule has 0 aliphatic carbocycles. The first-order valence-corrected chi connectivity index (χ1v) is 6.98. The van der Waals surface area contributed by atoms with Gasteiger partial charge in [-0.2, -0.15) is 0 Å². The van der Waals surface area contributed by atoms with Crippen molar-refractivity contribution < 1.29 is 9.90 Å². The van der Waals surface area contributed by atoms with Crippen molar-refractivity contribution in [1.82, 2.24) is 4.90 Å². The summed E-state index contributed by atoms with van der Waals surface area (Å²) < 4.78 is 0. The van der Waals surface area contributed by atoms with E-state index in [1.54, 1.807) is 0 Å². The number of hydrogen-bond acceptors (Lipinski definition) is 3. The van der Waals surface area contributed by atoms with E-state index in [0.717, 1.165) is 32.4 Å². The van der Waals surface area contributed by atoms with Crippen molar-refractivity contribution in [2.75, 3.05) is 19.7 Å². The predicted octanol–water partition coefficient (Wildman–Crippen LogP) is 1.37. The number of nitrogens with zero attached hydrogens (tertiary/aromatic N) is 1. The number of likely N-dealkylation sites (tertiary alicyclic amines) is 1. The van der Waals surface area contributed by atoms with Crippen LogP contribution in [0.5, 0.6) is 0 Å². The third-order valence-corrected chi connectivity index (χ3v) is 3.92. The smallest absolute Gasteiger partial charge is 0.224 e. The van der Waals surface area contributed by atoms with Gasteiger partial charge in [-0.15, -0.1) is 0 Å². The van der Waals surface area contributed by atoms with Gasteiger partial charge in [-0.1, -0.05) is 20.8 Å². The molecule has 1 aliphatic rings. The Bertz CT molecular complexity index is 271. The van der Waals surface area contributed by atoms with Crippen LogP contribution in [0.2, 0.25) is 0 Å². The summed E-state index contributed by atoms with van der Waals surface area (Å²) in [4.78, 5) is 14.1. The van der Waals surface area contributed by atoms with E-state index >= 15 is 0 Å². The van der Waals surface area contributed by atoms with Crippen molar-refractivity contribution in [3.8, 4) is 0 Å². The number of aliphatic hydroxyl groups excluding tert-OH is 1. The highest BCUT2D eigenvalue weighted by Gasteiger charge is 2.28. The molecule has 0 aromatic heterocycles. The minimum Gasteiger partial charge on any atom is -0.396 e. The molecule has 106 valence electrons. The van der Waals surface area contributed by atoms with Crippen LogP contribution in [0.1, 0.15) is 46.5 Å². The van der Waals surface area contributed by atoms with Crippen LogP contribution in [0, 0.1) is 11.3 Å². The lowest BCUT2D eigenvalue weighted by atomic mass is 9.85. The van der Waals surface area contributed by atoms with E-state index in [0.29, 0.717) is 12.3 Å². The minimum atomic E-state index is -0.0942. The second-order valence-electron chi connectivity index (χ2n) is 6.54. The Morgan fingerprint density at radius 1 is 1.50 bits per heavy atom. The first-order chi connectivity index (χ1) is 8.34. The lowest BCUT2D eigenvalue weighted by Crippen LogP contribution is -2.45. The maximum atomic E-state index is 12.2. The van der Waals surface area contributed by atoms with Crippen LogP contribution in [0.3, 0.4) is 0 Å². The number of amides is 1. The van der Waals surface area contributed by atoms with Gasteiger partial charge in [0.25, 0.3) is 0 Å². The van der Waals surface area contributed by atoms with Crippen LogP contribution in [-0.2, 0) is 4.79 Å². The molecule has 1 saturated heterocycles. The van der Waals surface area contributed by atoms with Gasteiger partial charge in [-0.3, -0.25) is 4.79 Å². The van der Waals surface area contributed by atoms with Gasteiger partial charge < -0.3 is 15.7 Å². The van der Waals surface area contributed by atoms with Crippen molar-refractivity contribution in [2.45, 2.75) is 52.5 Å². The van der Waals surface area contributed by atoms with Crippen molar-refractivity contribution in [3.05, 3.63) is 0 Å². The van der Waals surface area contributed by atoms with Crippen LogP contribution in [0.25, 0.3) is 0 Å². The Labute approximate surface area is 111 Å². The zero-order chi connectivity index (χ0) is 13.8. The van der Waals surface area contributed by atoms with E-state index in [1.807, 2.05) is 4.90 Å².